The molecule has 2 aliphatic rings. The molecule has 0 saturated carbocycles. The van der Waals surface area contributed by atoms with Crippen LogP contribution in [0.2, 0.25) is 0 Å². The van der Waals surface area contributed by atoms with Crippen molar-refractivity contribution in [2.24, 2.45) is 4.99 Å². The van der Waals surface area contributed by atoms with Crippen LogP contribution < -0.4 is 31.3 Å². The number of nitrogens with zero attached hydrogens (tertiary/aromatic N) is 1. The maximum absolute atomic E-state index is 6.21. The molecular weight excluding hydrogens is 408 g/mol. The fraction of sp³-hybridized carbons (Fsp3) is 0.393. The zero-order chi connectivity index (χ0) is 22.9. The Kier molecular flexibility index (Phi) is 5.98. The average Bonchev–Trinajstić information content (AvgIpc) is 3.54. The summed E-state index contributed by atoms with van der Waals surface area (Å²) in [6.45, 7) is 9.48. The topological polar surface area (TPSA) is 65.2 Å². The maximum Gasteiger partial charge on any atom is 0.145 e. The summed E-state index contributed by atoms with van der Waals surface area (Å²) in [5, 5.41) is 7.94. The minimum atomic E-state index is 0.0897. The number of hydrogen-bond acceptors (Lipinski definition) is 3. The Hall–Kier alpha value is -3.05. The number of aromatic nitrogens is 2. The van der Waals surface area contributed by atoms with Gasteiger partial charge in [-0.3, -0.25) is 0 Å². The molecule has 3 N–H and O–H groups in total. The normalized spacial score (nSPS) is 20.0. The van der Waals surface area contributed by atoms with Gasteiger partial charge in [0.25, 0.3) is 0 Å². The molecule has 5 heteroatoms. The SMILES string of the molecule is Cc1cc(C)c(C=c2[nH]c(=C3N=c4ccccc4=C3CCC3CCCN3)cc2OC(C)C)[nH]1. The van der Waals surface area contributed by atoms with Crippen molar-refractivity contribution in [2.45, 2.75) is 65.5 Å². The van der Waals surface area contributed by atoms with Gasteiger partial charge in [-0.2, -0.15) is 0 Å². The Morgan fingerprint density at radius 2 is 2.00 bits per heavy atom. The first-order valence-corrected chi connectivity index (χ1v) is 12.2. The number of nitrogens with one attached hydrogen (secondary N) is 3. The quantitative estimate of drug-likeness (QED) is 0.550. The Labute approximate surface area is 195 Å². The largest absolute Gasteiger partial charge is 0.489 e. The Morgan fingerprint density at radius 3 is 2.73 bits per heavy atom. The van der Waals surface area contributed by atoms with E-state index in [0.717, 1.165) is 58.3 Å². The van der Waals surface area contributed by atoms with E-state index in [9.17, 15) is 0 Å². The molecule has 5 rings (SSSR count). The maximum atomic E-state index is 6.21. The van der Waals surface area contributed by atoms with E-state index in [0.29, 0.717) is 6.04 Å². The van der Waals surface area contributed by atoms with E-state index in [1.165, 1.54) is 29.2 Å². The number of benzene rings is 1. The van der Waals surface area contributed by atoms with Crippen LogP contribution in [0.5, 0.6) is 5.75 Å². The lowest BCUT2D eigenvalue weighted by Gasteiger charge is -2.11. The summed E-state index contributed by atoms with van der Waals surface area (Å²) in [6, 6.07) is 13.4. The second-order valence-electron chi connectivity index (χ2n) is 9.61. The second-order valence-corrected chi connectivity index (χ2v) is 9.61. The average molecular weight is 443 g/mol. The van der Waals surface area contributed by atoms with Crippen molar-refractivity contribution in [1.82, 2.24) is 15.3 Å². The molecule has 0 amide bonds. The molecule has 0 bridgehead atoms. The predicted molar refractivity (Wildman–Crippen MR) is 134 cm³/mol. The predicted octanol–water partition coefficient (Wildman–Crippen LogP) is 2.70. The van der Waals surface area contributed by atoms with Crippen molar-refractivity contribution in [3.8, 4) is 5.75 Å². The number of fused-ring (bicyclic) bond motifs is 1. The molecule has 4 heterocycles. The Morgan fingerprint density at radius 1 is 1.15 bits per heavy atom. The first kappa shape index (κ1) is 21.8. The summed E-state index contributed by atoms with van der Waals surface area (Å²) in [7, 11) is 0. The fourth-order valence-electron chi connectivity index (χ4n) is 5.02. The van der Waals surface area contributed by atoms with Crippen LogP contribution in [0.3, 0.4) is 0 Å². The van der Waals surface area contributed by atoms with Gasteiger partial charge in [-0.25, -0.2) is 4.99 Å². The lowest BCUT2D eigenvalue weighted by atomic mass is 10.0. The molecule has 2 aromatic heterocycles. The number of aryl methyl sites for hydroxylation is 2. The molecule has 1 saturated heterocycles. The monoisotopic (exact) mass is 442 g/mol. The molecule has 1 fully saturated rings. The third kappa shape index (κ3) is 4.55. The molecule has 1 unspecified atom stereocenters. The lowest BCUT2D eigenvalue weighted by molar-refractivity contribution is 0.240. The van der Waals surface area contributed by atoms with Crippen LogP contribution in [0.15, 0.2) is 41.4 Å². The lowest BCUT2D eigenvalue weighted by Crippen LogP contribution is -2.24. The van der Waals surface area contributed by atoms with E-state index in [1.54, 1.807) is 0 Å². The van der Waals surface area contributed by atoms with E-state index >= 15 is 0 Å². The van der Waals surface area contributed by atoms with Gasteiger partial charge in [0.2, 0.25) is 0 Å². The molecule has 172 valence electrons. The summed E-state index contributed by atoms with van der Waals surface area (Å²) in [5.41, 5.74) is 5.85. The van der Waals surface area contributed by atoms with Gasteiger partial charge in [-0.05, 0) is 89.3 Å². The zero-order valence-corrected chi connectivity index (χ0v) is 20.1. The highest BCUT2D eigenvalue weighted by molar-refractivity contribution is 5.88. The second kappa shape index (κ2) is 9.06. The number of H-pyrrole nitrogens is 2. The first-order valence-electron chi connectivity index (χ1n) is 12.2. The highest BCUT2D eigenvalue weighted by Crippen LogP contribution is 2.23. The smallest absolute Gasteiger partial charge is 0.145 e. The van der Waals surface area contributed by atoms with E-state index in [2.05, 4.69) is 85.5 Å². The zero-order valence-electron chi connectivity index (χ0n) is 20.1. The number of aromatic amines is 2. The molecule has 33 heavy (non-hydrogen) atoms. The minimum Gasteiger partial charge on any atom is -0.489 e. The van der Waals surface area contributed by atoms with Crippen molar-refractivity contribution in [3.63, 3.8) is 0 Å². The minimum absolute atomic E-state index is 0.0897. The molecule has 0 radical (unpaired) electrons. The summed E-state index contributed by atoms with van der Waals surface area (Å²) in [5.74, 6) is 0.863. The molecule has 5 nitrogen and oxygen atoms in total. The Balaban J connectivity index is 1.65. The Bertz CT molecular complexity index is 1400. The van der Waals surface area contributed by atoms with E-state index in [-0.39, 0.29) is 6.10 Å². The van der Waals surface area contributed by atoms with Gasteiger partial charge in [-0.15, -0.1) is 0 Å². The van der Waals surface area contributed by atoms with Crippen molar-refractivity contribution in [3.05, 3.63) is 74.6 Å². The molecule has 3 aromatic rings. The molecule has 1 aromatic carbocycles. The summed E-state index contributed by atoms with van der Waals surface area (Å²) < 4.78 is 6.21. The highest BCUT2D eigenvalue weighted by atomic mass is 16.5. The van der Waals surface area contributed by atoms with E-state index in [4.69, 9.17) is 9.73 Å². The molecule has 0 aliphatic carbocycles. The molecule has 0 spiro atoms. The van der Waals surface area contributed by atoms with Crippen LogP contribution in [-0.2, 0) is 0 Å². The number of hydrogen-bond donors (Lipinski definition) is 3. The van der Waals surface area contributed by atoms with Crippen LogP contribution >= 0.6 is 0 Å². The van der Waals surface area contributed by atoms with Crippen LogP contribution in [0.25, 0.3) is 17.3 Å². The van der Waals surface area contributed by atoms with Crippen molar-refractivity contribution in [1.29, 1.82) is 0 Å². The molecule has 1 atom stereocenters. The molecular formula is C28H34N4O. The van der Waals surface area contributed by atoms with Crippen LogP contribution in [0.1, 0.15) is 56.5 Å². The summed E-state index contributed by atoms with van der Waals surface area (Å²) >= 11 is 0. The summed E-state index contributed by atoms with van der Waals surface area (Å²) in [4.78, 5) is 12.2. The van der Waals surface area contributed by atoms with E-state index < -0.39 is 0 Å². The number of ether oxygens (including phenoxy) is 1. The van der Waals surface area contributed by atoms with Gasteiger partial charge in [0, 0.05) is 28.7 Å². The highest BCUT2D eigenvalue weighted by Gasteiger charge is 2.19. The van der Waals surface area contributed by atoms with Gasteiger partial charge >= 0.3 is 0 Å². The van der Waals surface area contributed by atoms with Gasteiger partial charge in [0.1, 0.15) is 5.75 Å². The number of para-hydroxylation sites is 1. The third-order valence-corrected chi connectivity index (χ3v) is 6.56. The van der Waals surface area contributed by atoms with Crippen LogP contribution in [-0.4, -0.2) is 28.7 Å². The summed E-state index contributed by atoms with van der Waals surface area (Å²) in [6.07, 6.45) is 6.94. The van der Waals surface area contributed by atoms with Gasteiger partial charge in [0.05, 0.1) is 27.9 Å². The first-order chi connectivity index (χ1) is 16.0. The molecule has 2 aliphatic heterocycles. The standard InChI is InChI=1S/C28H34N4O/c1-17(2)33-27-16-26(31-25(27)15-24-18(3)14-19(4)30-24)28-22(12-11-20-8-7-13-29-20)21-9-5-6-10-23(21)32-28/h5-6,9-10,14-17,20,29-31H,7-8,11-13H2,1-4H3. The third-order valence-electron chi connectivity index (χ3n) is 6.56. The van der Waals surface area contributed by atoms with Gasteiger partial charge in [0.15, 0.2) is 0 Å². The number of rotatable bonds is 6. The fourth-order valence-corrected chi connectivity index (χ4v) is 5.02. The van der Waals surface area contributed by atoms with Gasteiger partial charge < -0.3 is 20.0 Å². The van der Waals surface area contributed by atoms with Crippen molar-refractivity contribution >= 4 is 17.3 Å². The van der Waals surface area contributed by atoms with Crippen molar-refractivity contribution < 1.29 is 4.74 Å². The van der Waals surface area contributed by atoms with Crippen molar-refractivity contribution in [2.75, 3.05) is 6.54 Å². The van der Waals surface area contributed by atoms with Gasteiger partial charge in [-0.1, -0.05) is 18.2 Å². The van der Waals surface area contributed by atoms with Crippen LogP contribution in [0, 0.1) is 13.8 Å². The van der Waals surface area contributed by atoms with Crippen LogP contribution in [0.4, 0.5) is 0 Å². The van der Waals surface area contributed by atoms with E-state index in [1.807, 2.05) is 0 Å².